The van der Waals surface area contributed by atoms with Crippen LogP contribution in [0.15, 0.2) is 54.6 Å². The van der Waals surface area contributed by atoms with E-state index in [1.54, 1.807) is 12.1 Å². The highest BCUT2D eigenvalue weighted by Crippen LogP contribution is 2.19. The molecule has 2 rings (SSSR count). The minimum absolute atomic E-state index is 0.253. The molecular weight excluding hydrogens is 330 g/mol. The molecule has 0 bridgehead atoms. The van der Waals surface area contributed by atoms with E-state index in [1.807, 2.05) is 55.5 Å². The molecule has 0 saturated carbocycles. The Morgan fingerprint density at radius 3 is 2.69 bits per heavy atom. The minimum atomic E-state index is -0.438. The molecule has 0 aromatic heterocycles. The van der Waals surface area contributed by atoms with Gasteiger partial charge < -0.3 is 14.8 Å². The predicted molar refractivity (Wildman–Crippen MR) is 101 cm³/mol. The number of hydrogen-bond donors (Lipinski definition) is 1. The average molecular weight is 353 g/mol. The van der Waals surface area contributed by atoms with Crippen molar-refractivity contribution in [1.82, 2.24) is 5.32 Å². The van der Waals surface area contributed by atoms with Crippen molar-refractivity contribution in [3.05, 3.63) is 71.3 Å². The lowest BCUT2D eigenvalue weighted by Crippen LogP contribution is -2.24. The third-order valence-electron chi connectivity index (χ3n) is 3.56. The fraction of sp³-hybridized carbons (Fsp3) is 0.238. The highest BCUT2D eigenvalue weighted by Gasteiger charge is 2.03. The van der Waals surface area contributed by atoms with Gasteiger partial charge in [-0.25, -0.2) is 4.79 Å². The quantitative estimate of drug-likeness (QED) is 0.541. The number of nitrogens with one attached hydrogen (secondary N) is 1. The van der Waals surface area contributed by atoms with Crippen LogP contribution >= 0.6 is 0 Å². The number of carbonyl (C=O) groups is 2. The van der Waals surface area contributed by atoms with Gasteiger partial charge in [0.25, 0.3) is 0 Å². The van der Waals surface area contributed by atoms with Gasteiger partial charge in [-0.1, -0.05) is 48.6 Å². The molecule has 0 saturated heterocycles. The molecule has 0 aliphatic carbocycles. The maximum absolute atomic E-state index is 11.6. The van der Waals surface area contributed by atoms with Gasteiger partial charge in [-0.05, 0) is 36.6 Å². The topological polar surface area (TPSA) is 64.6 Å². The number of hydrogen-bond acceptors (Lipinski definition) is 4. The van der Waals surface area contributed by atoms with Crippen molar-refractivity contribution in [2.45, 2.75) is 20.0 Å². The van der Waals surface area contributed by atoms with Gasteiger partial charge in [0.1, 0.15) is 12.4 Å². The Balaban J connectivity index is 1.72. The highest BCUT2D eigenvalue weighted by molar-refractivity contribution is 5.80. The molecule has 26 heavy (non-hydrogen) atoms. The molecule has 136 valence electrons. The Morgan fingerprint density at radius 1 is 1.15 bits per heavy atom. The lowest BCUT2D eigenvalue weighted by Gasteiger charge is -2.07. The Bertz CT molecular complexity index is 741. The molecule has 0 heterocycles. The van der Waals surface area contributed by atoms with Crippen molar-refractivity contribution in [3.8, 4) is 5.75 Å². The minimum Gasteiger partial charge on any atom is -0.493 e. The van der Waals surface area contributed by atoms with E-state index in [4.69, 9.17) is 9.47 Å². The van der Waals surface area contributed by atoms with Crippen molar-refractivity contribution in [2.24, 2.45) is 0 Å². The van der Waals surface area contributed by atoms with Gasteiger partial charge in [-0.2, -0.15) is 0 Å². The van der Waals surface area contributed by atoms with Gasteiger partial charge in [0, 0.05) is 6.54 Å². The summed E-state index contributed by atoms with van der Waals surface area (Å²) < 4.78 is 10.5. The van der Waals surface area contributed by atoms with E-state index in [0.29, 0.717) is 30.9 Å². The van der Waals surface area contributed by atoms with Gasteiger partial charge in [0.2, 0.25) is 0 Å². The molecule has 0 radical (unpaired) electrons. The van der Waals surface area contributed by atoms with Crippen LogP contribution in [-0.4, -0.2) is 25.5 Å². The van der Waals surface area contributed by atoms with Crippen molar-refractivity contribution >= 4 is 18.5 Å². The van der Waals surface area contributed by atoms with Gasteiger partial charge in [0.15, 0.2) is 6.29 Å². The van der Waals surface area contributed by atoms with Gasteiger partial charge in [-0.3, -0.25) is 4.79 Å². The van der Waals surface area contributed by atoms with Crippen molar-refractivity contribution < 1.29 is 19.1 Å². The van der Waals surface area contributed by atoms with E-state index >= 15 is 0 Å². The molecule has 0 spiro atoms. The summed E-state index contributed by atoms with van der Waals surface area (Å²) in [6, 6.07) is 15.0. The standard InChI is InChI=1S/C21H23NO4/c1-2-25-20-12-11-17(14-19(20)15-23)8-6-7-13-22-21(24)26-16-18-9-4-3-5-10-18/h3-6,8-12,14-15H,2,7,13,16H2,1H3,(H,22,24). The third-order valence-corrected chi connectivity index (χ3v) is 3.56. The molecule has 0 atom stereocenters. The molecule has 1 amide bonds. The molecule has 2 aromatic rings. The van der Waals surface area contributed by atoms with E-state index in [1.165, 1.54) is 0 Å². The summed E-state index contributed by atoms with van der Waals surface area (Å²) in [6.45, 7) is 3.12. The summed E-state index contributed by atoms with van der Waals surface area (Å²) in [6.07, 6.45) is 4.84. The Kier molecular flexibility index (Phi) is 7.93. The number of rotatable bonds is 9. The zero-order valence-corrected chi connectivity index (χ0v) is 14.8. The molecule has 5 heteroatoms. The smallest absolute Gasteiger partial charge is 0.407 e. The Morgan fingerprint density at radius 2 is 1.96 bits per heavy atom. The molecule has 0 aliphatic rings. The van der Waals surface area contributed by atoms with Gasteiger partial charge in [0.05, 0.1) is 12.2 Å². The molecular formula is C21H23NO4. The molecule has 0 unspecified atom stereocenters. The SMILES string of the molecule is CCOc1ccc(C=CCCNC(=O)OCc2ccccc2)cc1C=O. The number of carbonyl (C=O) groups excluding carboxylic acids is 2. The maximum atomic E-state index is 11.6. The van der Waals surface area contributed by atoms with E-state index < -0.39 is 6.09 Å². The number of benzene rings is 2. The first-order chi connectivity index (χ1) is 12.7. The largest absolute Gasteiger partial charge is 0.493 e. The fourth-order valence-corrected chi connectivity index (χ4v) is 2.30. The molecule has 0 fully saturated rings. The van der Waals surface area contributed by atoms with Crippen LogP contribution in [0.4, 0.5) is 4.79 Å². The van der Waals surface area contributed by atoms with Crippen molar-refractivity contribution in [3.63, 3.8) is 0 Å². The first-order valence-electron chi connectivity index (χ1n) is 8.56. The number of amides is 1. The van der Waals surface area contributed by atoms with Crippen LogP contribution in [0.5, 0.6) is 5.75 Å². The normalized spacial score (nSPS) is 10.5. The van der Waals surface area contributed by atoms with E-state index in [9.17, 15) is 9.59 Å². The highest BCUT2D eigenvalue weighted by atomic mass is 16.5. The molecule has 0 aliphatic heterocycles. The van der Waals surface area contributed by atoms with Crippen LogP contribution in [0, 0.1) is 0 Å². The second-order valence-electron chi connectivity index (χ2n) is 5.53. The summed E-state index contributed by atoms with van der Waals surface area (Å²) >= 11 is 0. The van der Waals surface area contributed by atoms with Crippen LogP contribution in [0.3, 0.4) is 0 Å². The third kappa shape index (κ3) is 6.43. The lowest BCUT2D eigenvalue weighted by molar-refractivity contribution is 0.111. The van der Waals surface area contributed by atoms with E-state index in [0.717, 1.165) is 17.4 Å². The predicted octanol–water partition coefficient (Wildman–Crippen LogP) is 4.23. The molecule has 1 N–H and O–H groups in total. The summed E-state index contributed by atoms with van der Waals surface area (Å²) in [7, 11) is 0. The Labute approximate surface area is 153 Å². The maximum Gasteiger partial charge on any atom is 0.407 e. The van der Waals surface area contributed by atoms with Crippen LogP contribution in [0.25, 0.3) is 6.08 Å². The van der Waals surface area contributed by atoms with Crippen molar-refractivity contribution in [1.29, 1.82) is 0 Å². The number of alkyl carbamates (subject to hydrolysis) is 1. The van der Waals surface area contributed by atoms with Crippen molar-refractivity contribution in [2.75, 3.05) is 13.2 Å². The van der Waals surface area contributed by atoms with Crippen LogP contribution in [0.2, 0.25) is 0 Å². The zero-order valence-electron chi connectivity index (χ0n) is 14.8. The average Bonchev–Trinajstić information content (AvgIpc) is 2.68. The van der Waals surface area contributed by atoms with Gasteiger partial charge in [-0.15, -0.1) is 0 Å². The first-order valence-corrected chi connectivity index (χ1v) is 8.56. The second-order valence-corrected chi connectivity index (χ2v) is 5.53. The van der Waals surface area contributed by atoms with Gasteiger partial charge >= 0.3 is 6.09 Å². The fourth-order valence-electron chi connectivity index (χ4n) is 2.30. The Hall–Kier alpha value is -3.08. The summed E-state index contributed by atoms with van der Waals surface area (Å²) in [5, 5.41) is 2.70. The summed E-state index contributed by atoms with van der Waals surface area (Å²) in [4.78, 5) is 22.7. The monoisotopic (exact) mass is 353 g/mol. The summed E-state index contributed by atoms with van der Waals surface area (Å²) in [5.41, 5.74) is 2.38. The number of aldehydes is 1. The van der Waals surface area contributed by atoms with Crippen LogP contribution < -0.4 is 10.1 Å². The zero-order chi connectivity index (χ0) is 18.6. The second kappa shape index (κ2) is 10.7. The number of ether oxygens (including phenoxy) is 2. The van der Waals surface area contributed by atoms with E-state index in [2.05, 4.69) is 5.32 Å². The lowest BCUT2D eigenvalue weighted by atomic mass is 10.1. The van der Waals surface area contributed by atoms with Crippen LogP contribution in [0.1, 0.15) is 34.8 Å². The molecule has 2 aromatic carbocycles. The van der Waals surface area contributed by atoms with Crippen LogP contribution in [-0.2, 0) is 11.3 Å². The first kappa shape index (κ1) is 19.2. The molecule has 5 nitrogen and oxygen atoms in total. The summed E-state index contributed by atoms with van der Waals surface area (Å²) in [5.74, 6) is 0.586. The van der Waals surface area contributed by atoms with E-state index in [-0.39, 0.29) is 6.61 Å².